The van der Waals surface area contributed by atoms with Crippen LogP contribution in [0.15, 0.2) is 29.2 Å². The van der Waals surface area contributed by atoms with Crippen LogP contribution in [0.1, 0.15) is 24.9 Å². The predicted molar refractivity (Wildman–Crippen MR) is 94.7 cm³/mol. The second-order valence-corrected chi connectivity index (χ2v) is 8.12. The number of methoxy groups -OCH3 is 1. The number of hydrogen-bond donors (Lipinski definition) is 0. The Morgan fingerprint density at radius 1 is 1.21 bits per heavy atom. The fraction of sp³-hybridized carbons (Fsp3) is 0.588. The Morgan fingerprint density at radius 3 is 2.29 bits per heavy atom. The summed E-state index contributed by atoms with van der Waals surface area (Å²) in [7, 11) is 2.13. The molecular weight excluding hydrogens is 328 g/mol. The fourth-order valence-corrected chi connectivity index (χ4v) is 2.96. The van der Waals surface area contributed by atoms with Crippen LogP contribution in [-0.2, 0) is 19.4 Å². The van der Waals surface area contributed by atoms with Crippen LogP contribution in [-0.4, -0.2) is 71.3 Å². The van der Waals surface area contributed by atoms with Gasteiger partial charge in [0.25, 0.3) is 0 Å². The molecule has 0 saturated heterocycles. The lowest BCUT2D eigenvalue weighted by Gasteiger charge is -2.27. The Kier molecular flexibility index (Phi) is 7.86. The van der Waals surface area contributed by atoms with Crippen LogP contribution >= 0.6 is 0 Å². The van der Waals surface area contributed by atoms with Gasteiger partial charge in [0.05, 0.1) is 17.5 Å². The molecule has 0 radical (unpaired) electrons. The maximum absolute atomic E-state index is 12.4. The minimum atomic E-state index is -3.21. The SMILES string of the molecule is COCCCN(C)CC(=O)N(C)C(C)c1ccc(S(C)(=O)=O)cc1. The molecular formula is C17H28N2O4S. The first-order valence-corrected chi connectivity index (χ1v) is 9.79. The third-order valence-corrected chi connectivity index (χ3v) is 5.19. The van der Waals surface area contributed by atoms with Gasteiger partial charge in [-0.15, -0.1) is 0 Å². The molecule has 7 heteroatoms. The van der Waals surface area contributed by atoms with Crippen molar-refractivity contribution in [3.8, 4) is 0 Å². The van der Waals surface area contributed by atoms with Crippen molar-refractivity contribution in [2.24, 2.45) is 0 Å². The first-order valence-electron chi connectivity index (χ1n) is 7.90. The van der Waals surface area contributed by atoms with Gasteiger partial charge in [0, 0.05) is 33.6 Å². The number of amides is 1. The summed E-state index contributed by atoms with van der Waals surface area (Å²) >= 11 is 0. The standard InChI is InChI=1S/C17H28N2O4S/c1-14(15-7-9-16(10-8-15)24(5,21)22)19(3)17(20)13-18(2)11-6-12-23-4/h7-10,14H,6,11-13H2,1-5H3. The maximum Gasteiger partial charge on any atom is 0.236 e. The van der Waals surface area contributed by atoms with Crippen molar-refractivity contribution in [1.29, 1.82) is 0 Å². The van der Waals surface area contributed by atoms with Gasteiger partial charge in [-0.3, -0.25) is 9.69 Å². The van der Waals surface area contributed by atoms with Crippen molar-refractivity contribution in [2.75, 3.05) is 47.2 Å². The Morgan fingerprint density at radius 2 is 1.79 bits per heavy atom. The number of rotatable bonds is 9. The van der Waals surface area contributed by atoms with Gasteiger partial charge in [-0.05, 0) is 38.1 Å². The third-order valence-electron chi connectivity index (χ3n) is 4.06. The molecule has 1 unspecified atom stereocenters. The Balaban J connectivity index is 2.66. The van der Waals surface area contributed by atoms with E-state index < -0.39 is 9.84 Å². The molecule has 0 fully saturated rings. The van der Waals surface area contributed by atoms with Crippen molar-refractivity contribution in [3.05, 3.63) is 29.8 Å². The molecule has 0 aromatic heterocycles. The Bertz CT molecular complexity index is 628. The Hall–Kier alpha value is -1.44. The minimum absolute atomic E-state index is 0.0228. The van der Waals surface area contributed by atoms with E-state index in [4.69, 9.17) is 4.74 Å². The van der Waals surface area contributed by atoms with Gasteiger partial charge >= 0.3 is 0 Å². The number of likely N-dealkylation sites (N-methyl/N-ethyl adjacent to an activating group) is 2. The molecule has 0 aliphatic rings. The van der Waals surface area contributed by atoms with E-state index in [1.165, 1.54) is 6.26 Å². The van der Waals surface area contributed by atoms with E-state index >= 15 is 0 Å². The quantitative estimate of drug-likeness (QED) is 0.629. The molecule has 0 aliphatic carbocycles. The van der Waals surface area contributed by atoms with Crippen molar-refractivity contribution < 1.29 is 17.9 Å². The van der Waals surface area contributed by atoms with Gasteiger partial charge in [-0.25, -0.2) is 8.42 Å². The van der Waals surface area contributed by atoms with E-state index in [2.05, 4.69) is 0 Å². The van der Waals surface area contributed by atoms with Crippen LogP contribution in [0.4, 0.5) is 0 Å². The number of carbonyl (C=O) groups excluding carboxylic acids is 1. The predicted octanol–water partition coefficient (Wildman–Crippen LogP) is 1.58. The molecule has 6 nitrogen and oxygen atoms in total. The first-order chi connectivity index (χ1) is 11.2. The number of benzene rings is 1. The van der Waals surface area contributed by atoms with Crippen molar-refractivity contribution in [1.82, 2.24) is 9.80 Å². The molecule has 24 heavy (non-hydrogen) atoms. The average molecular weight is 356 g/mol. The molecule has 1 rings (SSSR count). The van der Waals surface area contributed by atoms with E-state index in [-0.39, 0.29) is 16.8 Å². The number of sulfone groups is 1. The van der Waals surface area contributed by atoms with Gasteiger partial charge in [0.15, 0.2) is 9.84 Å². The molecule has 0 bridgehead atoms. The van der Waals surface area contributed by atoms with E-state index in [0.29, 0.717) is 13.2 Å². The second kappa shape index (κ2) is 9.15. The summed E-state index contributed by atoms with van der Waals surface area (Å²) in [5, 5.41) is 0. The molecule has 1 aromatic rings. The topological polar surface area (TPSA) is 66.9 Å². The lowest BCUT2D eigenvalue weighted by atomic mass is 10.1. The number of ether oxygens (including phenoxy) is 1. The highest BCUT2D eigenvalue weighted by atomic mass is 32.2. The monoisotopic (exact) mass is 356 g/mol. The zero-order chi connectivity index (χ0) is 18.3. The molecule has 136 valence electrons. The van der Waals surface area contributed by atoms with Crippen LogP contribution in [0.3, 0.4) is 0 Å². The number of hydrogen-bond acceptors (Lipinski definition) is 5. The Labute approximate surface area is 145 Å². The van der Waals surface area contributed by atoms with Crippen LogP contribution in [0.25, 0.3) is 0 Å². The molecule has 1 amide bonds. The van der Waals surface area contributed by atoms with Crippen LogP contribution in [0.2, 0.25) is 0 Å². The highest BCUT2D eigenvalue weighted by Gasteiger charge is 2.19. The average Bonchev–Trinajstić information content (AvgIpc) is 2.53. The zero-order valence-electron chi connectivity index (χ0n) is 15.2. The van der Waals surface area contributed by atoms with Crippen LogP contribution in [0.5, 0.6) is 0 Å². The molecule has 0 aliphatic heterocycles. The van der Waals surface area contributed by atoms with E-state index in [1.807, 2.05) is 18.9 Å². The van der Waals surface area contributed by atoms with Gasteiger partial charge in [0.1, 0.15) is 0 Å². The highest BCUT2D eigenvalue weighted by molar-refractivity contribution is 7.90. The van der Waals surface area contributed by atoms with Crippen LogP contribution < -0.4 is 0 Å². The summed E-state index contributed by atoms with van der Waals surface area (Å²) in [5.41, 5.74) is 0.903. The second-order valence-electron chi connectivity index (χ2n) is 6.11. The van der Waals surface area contributed by atoms with E-state index in [9.17, 15) is 13.2 Å². The zero-order valence-corrected chi connectivity index (χ0v) is 16.0. The van der Waals surface area contributed by atoms with Gasteiger partial charge in [-0.1, -0.05) is 12.1 Å². The summed E-state index contributed by atoms with van der Waals surface area (Å²) < 4.78 is 28.0. The van der Waals surface area contributed by atoms with Crippen molar-refractivity contribution in [2.45, 2.75) is 24.3 Å². The highest BCUT2D eigenvalue weighted by Crippen LogP contribution is 2.21. The van der Waals surface area contributed by atoms with Gasteiger partial charge < -0.3 is 9.64 Å². The fourth-order valence-electron chi connectivity index (χ4n) is 2.33. The molecule has 0 N–H and O–H groups in total. The minimum Gasteiger partial charge on any atom is -0.385 e. The van der Waals surface area contributed by atoms with E-state index in [1.54, 1.807) is 43.3 Å². The molecule has 0 heterocycles. The van der Waals surface area contributed by atoms with Crippen molar-refractivity contribution >= 4 is 15.7 Å². The molecule has 1 atom stereocenters. The first kappa shape index (κ1) is 20.6. The molecule has 0 spiro atoms. The smallest absolute Gasteiger partial charge is 0.236 e. The lowest BCUT2D eigenvalue weighted by Crippen LogP contribution is -2.38. The molecule has 0 saturated carbocycles. The number of carbonyl (C=O) groups is 1. The summed E-state index contributed by atoms with van der Waals surface area (Å²) in [6.07, 6.45) is 2.06. The summed E-state index contributed by atoms with van der Waals surface area (Å²) in [6.45, 7) is 3.74. The third kappa shape index (κ3) is 6.22. The van der Waals surface area contributed by atoms with Crippen LogP contribution in [0, 0.1) is 0 Å². The normalized spacial score (nSPS) is 13.1. The summed E-state index contributed by atoms with van der Waals surface area (Å²) in [5.74, 6) is 0.0228. The molecule has 1 aromatic carbocycles. The lowest BCUT2D eigenvalue weighted by molar-refractivity contribution is -0.132. The summed E-state index contributed by atoms with van der Waals surface area (Å²) in [6, 6.07) is 6.55. The van der Waals surface area contributed by atoms with Gasteiger partial charge in [0.2, 0.25) is 5.91 Å². The maximum atomic E-state index is 12.4. The van der Waals surface area contributed by atoms with Crippen molar-refractivity contribution in [3.63, 3.8) is 0 Å². The number of nitrogens with zero attached hydrogens (tertiary/aromatic N) is 2. The summed E-state index contributed by atoms with van der Waals surface area (Å²) in [4.78, 5) is 16.3. The van der Waals surface area contributed by atoms with E-state index in [0.717, 1.165) is 18.5 Å². The largest absolute Gasteiger partial charge is 0.385 e. The van der Waals surface area contributed by atoms with Gasteiger partial charge in [-0.2, -0.15) is 0 Å².